The van der Waals surface area contributed by atoms with Crippen molar-refractivity contribution in [2.45, 2.75) is 26.7 Å². The van der Waals surface area contributed by atoms with Gasteiger partial charge in [0.15, 0.2) is 5.82 Å². The van der Waals surface area contributed by atoms with E-state index < -0.39 is 5.41 Å². The molecule has 2 heterocycles. The van der Waals surface area contributed by atoms with Crippen LogP contribution in [0.15, 0.2) is 35.0 Å². The molecule has 1 fully saturated rings. The maximum absolute atomic E-state index is 12.7. The van der Waals surface area contributed by atoms with E-state index in [1.165, 1.54) is 0 Å². The number of aromatic nitrogens is 2. The standard InChI is InChI=1S/C17H20N4O3/c1-12-14(20-24-19-12)18-16(23)17(2)9-6-10-21(11-17)15(22)13-7-4-3-5-8-13/h3-5,7-8H,6,9-11H2,1-2H3,(H,18,20,23)/t17-/m1/s1. The molecule has 1 atom stereocenters. The molecular formula is C17H20N4O3. The second kappa shape index (κ2) is 6.43. The number of carbonyl (C=O) groups is 2. The first-order chi connectivity index (χ1) is 11.5. The van der Waals surface area contributed by atoms with E-state index in [0.29, 0.717) is 36.6 Å². The van der Waals surface area contributed by atoms with Crippen molar-refractivity contribution in [1.82, 2.24) is 15.2 Å². The van der Waals surface area contributed by atoms with Crippen molar-refractivity contribution in [3.8, 4) is 0 Å². The Balaban J connectivity index is 1.73. The molecule has 2 aromatic rings. The van der Waals surface area contributed by atoms with E-state index in [-0.39, 0.29) is 11.8 Å². The van der Waals surface area contributed by atoms with Crippen LogP contribution >= 0.6 is 0 Å². The van der Waals surface area contributed by atoms with Gasteiger partial charge in [0.2, 0.25) is 5.91 Å². The molecule has 126 valence electrons. The Hall–Kier alpha value is -2.70. The minimum Gasteiger partial charge on any atom is -0.338 e. The normalized spacial score (nSPS) is 20.7. The zero-order chi connectivity index (χ0) is 17.2. The minimum atomic E-state index is -0.673. The zero-order valence-electron chi connectivity index (χ0n) is 13.8. The van der Waals surface area contributed by atoms with Crippen molar-refractivity contribution in [2.24, 2.45) is 5.41 Å². The summed E-state index contributed by atoms with van der Waals surface area (Å²) in [7, 11) is 0. The number of nitrogens with zero attached hydrogens (tertiary/aromatic N) is 3. The van der Waals surface area contributed by atoms with Gasteiger partial charge in [-0.2, -0.15) is 0 Å². The molecule has 1 saturated heterocycles. The van der Waals surface area contributed by atoms with Gasteiger partial charge in [0, 0.05) is 18.7 Å². The van der Waals surface area contributed by atoms with Gasteiger partial charge in [-0.1, -0.05) is 23.4 Å². The third-order valence-electron chi connectivity index (χ3n) is 4.44. The first-order valence-corrected chi connectivity index (χ1v) is 7.94. The molecule has 1 N–H and O–H groups in total. The molecule has 0 radical (unpaired) electrons. The average Bonchev–Trinajstić information content (AvgIpc) is 3.00. The lowest BCUT2D eigenvalue weighted by Gasteiger charge is -2.39. The first-order valence-electron chi connectivity index (χ1n) is 7.94. The van der Waals surface area contributed by atoms with Crippen LogP contribution in [0, 0.1) is 12.3 Å². The van der Waals surface area contributed by atoms with Gasteiger partial charge < -0.3 is 10.2 Å². The third-order valence-corrected chi connectivity index (χ3v) is 4.44. The quantitative estimate of drug-likeness (QED) is 0.933. The highest BCUT2D eigenvalue weighted by atomic mass is 16.6. The fourth-order valence-corrected chi connectivity index (χ4v) is 2.96. The molecule has 7 heteroatoms. The number of benzene rings is 1. The molecule has 1 aliphatic rings. The summed E-state index contributed by atoms with van der Waals surface area (Å²) < 4.78 is 4.60. The van der Waals surface area contributed by atoms with Gasteiger partial charge in [-0.15, -0.1) is 0 Å². The van der Waals surface area contributed by atoms with Crippen LogP contribution in [0.3, 0.4) is 0 Å². The molecule has 0 saturated carbocycles. The lowest BCUT2D eigenvalue weighted by Crippen LogP contribution is -2.50. The molecule has 1 aromatic carbocycles. The Morgan fingerprint density at radius 3 is 2.67 bits per heavy atom. The predicted octanol–water partition coefficient (Wildman–Crippen LogP) is 2.26. The Kier molecular flexibility index (Phi) is 4.33. The third kappa shape index (κ3) is 3.15. The summed E-state index contributed by atoms with van der Waals surface area (Å²) >= 11 is 0. The van der Waals surface area contributed by atoms with E-state index >= 15 is 0 Å². The zero-order valence-corrected chi connectivity index (χ0v) is 13.8. The number of aryl methyl sites for hydroxylation is 1. The summed E-state index contributed by atoms with van der Waals surface area (Å²) in [6.45, 7) is 4.61. The van der Waals surface area contributed by atoms with Crippen LogP contribution in [0.25, 0.3) is 0 Å². The van der Waals surface area contributed by atoms with Crippen LogP contribution in [0.1, 0.15) is 35.8 Å². The highest BCUT2D eigenvalue weighted by molar-refractivity contribution is 5.97. The van der Waals surface area contributed by atoms with Crippen molar-refractivity contribution in [3.63, 3.8) is 0 Å². The summed E-state index contributed by atoms with van der Waals surface area (Å²) in [4.78, 5) is 27.1. The van der Waals surface area contributed by atoms with E-state index in [1.54, 1.807) is 24.0 Å². The number of amides is 2. The SMILES string of the molecule is Cc1nonc1NC(=O)[C@]1(C)CCCN(C(=O)c2ccccc2)C1. The number of hydrogen-bond acceptors (Lipinski definition) is 5. The van der Waals surface area contributed by atoms with Crippen LogP contribution in [-0.2, 0) is 4.79 Å². The minimum absolute atomic E-state index is 0.0476. The second-order valence-electron chi connectivity index (χ2n) is 6.41. The predicted molar refractivity (Wildman–Crippen MR) is 87.4 cm³/mol. The molecule has 1 aliphatic heterocycles. The monoisotopic (exact) mass is 328 g/mol. The first kappa shape index (κ1) is 16.2. The van der Waals surface area contributed by atoms with Gasteiger partial charge in [0.1, 0.15) is 5.69 Å². The van der Waals surface area contributed by atoms with Gasteiger partial charge >= 0.3 is 0 Å². The summed E-state index contributed by atoms with van der Waals surface area (Å²) in [5.74, 6) is 0.105. The summed E-state index contributed by atoms with van der Waals surface area (Å²) in [6, 6.07) is 9.13. The molecule has 1 aromatic heterocycles. The van der Waals surface area contributed by atoms with Crippen molar-refractivity contribution < 1.29 is 14.2 Å². The molecule has 2 amide bonds. The fourth-order valence-electron chi connectivity index (χ4n) is 2.96. The molecule has 0 aliphatic carbocycles. The van der Waals surface area contributed by atoms with E-state index in [2.05, 4.69) is 20.3 Å². The molecule has 0 spiro atoms. The maximum atomic E-state index is 12.7. The number of carbonyl (C=O) groups excluding carboxylic acids is 2. The lowest BCUT2D eigenvalue weighted by molar-refractivity contribution is -0.127. The molecule has 24 heavy (non-hydrogen) atoms. The van der Waals surface area contributed by atoms with Crippen LogP contribution in [-0.4, -0.2) is 40.1 Å². The van der Waals surface area contributed by atoms with Crippen molar-refractivity contribution in [1.29, 1.82) is 0 Å². The smallest absolute Gasteiger partial charge is 0.253 e. The number of rotatable bonds is 3. The topological polar surface area (TPSA) is 88.3 Å². The summed E-state index contributed by atoms with van der Waals surface area (Å²) in [6.07, 6.45) is 1.49. The Morgan fingerprint density at radius 1 is 1.25 bits per heavy atom. The van der Waals surface area contributed by atoms with Crippen LogP contribution in [0.2, 0.25) is 0 Å². The van der Waals surface area contributed by atoms with Crippen LogP contribution < -0.4 is 5.32 Å². The van der Waals surface area contributed by atoms with Gasteiger partial charge in [-0.05, 0) is 44.0 Å². The van der Waals surface area contributed by atoms with Gasteiger partial charge in [0.25, 0.3) is 5.91 Å². The molecule has 3 rings (SSSR count). The van der Waals surface area contributed by atoms with Gasteiger partial charge in [0.05, 0.1) is 5.41 Å². The lowest BCUT2D eigenvalue weighted by atomic mass is 9.80. The highest BCUT2D eigenvalue weighted by Gasteiger charge is 2.40. The number of hydrogen-bond donors (Lipinski definition) is 1. The molecule has 7 nitrogen and oxygen atoms in total. The summed E-state index contributed by atoms with van der Waals surface area (Å²) in [5, 5.41) is 10.1. The number of likely N-dealkylation sites (tertiary alicyclic amines) is 1. The largest absolute Gasteiger partial charge is 0.338 e. The van der Waals surface area contributed by atoms with Crippen molar-refractivity contribution in [2.75, 3.05) is 18.4 Å². The Bertz CT molecular complexity index is 743. The van der Waals surface area contributed by atoms with Crippen molar-refractivity contribution >= 4 is 17.6 Å². The highest BCUT2D eigenvalue weighted by Crippen LogP contribution is 2.31. The summed E-state index contributed by atoms with van der Waals surface area (Å²) in [5.41, 5.74) is 0.493. The van der Waals surface area contributed by atoms with E-state index in [0.717, 1.165) is 6.42 Å². The second-order valence-corrected chi connectivity index (χ2v) is 6.41. The fraction of sp³-hybridized carbons (Fsp3) is 0.412. The van der Waals surface area contributed by atoms with E-state index in [4.69, 9.17) is 0 Å². The average molecular weight is 328 g/mol. The Morgan fingerprint density at radius 2 is 2.00 bits per heavy atom. The molecule has 0 bridgehead atoms. The number of piperidine rings is 1. The maximum Gasteiger partial charge on any atom is 0.253 e. The number of anilines is 1. The van der Waals surface area contributed by atoms with Gasteiger partial charge in [-0.25, -0.2) is 4.63 Å². The van der Waals surface area contributed by atoms with Crippen molar-refractivity contribution in [3.05, 3.63) is 41.6 Å². The van der Waals surface area contributed by atoms with Crippen LogP contribution in [0.4, 0.5) is 5.82 Å². The number of nitrogens with one attached hydrogen (secondary N) is 1. The van der Waals surface area contributed by atoms with E-state index in [9.17, 15) is 9.59 Å². The Labute approximate surface area is 140 Å². The molecule has 0 unspecified atom stereocenters. The van der Waals surface area contributed by atoms with E-state index in [1.807, 2.05) is 25.1 Å². The van der Waals surface area contributed by atoms with Crippen LogP contribution in [0.5, 0.6) is 0 Å². The van der Waals surface area contributed by atoms with Gasteiger partial charge in [-0.3, -0.25) is 9.59 Å². The molecular weight excluding hydrogens is 308 g/mol.